The molecule has 3 N–H and O–H groups in total. The molecule has 0 aliphatic heterocycles. The highest BCUT2D eigenvalue weighted by molar-refractivity contribution is 5.84. The molecule has 1 amide bonds. The number of hydrogen-bond donors (Lipinski definition) is 3. The van der Waals surface area contributed by atoms with Crippen LogP contribution in [-0.4, -0.2) is 41.8 Å². The zero-order chi connectivity index (χ0) is 22.1. The molecule has 0 radical (unpaired) electrons. The van der Waals surface area contributed by atoms with Gasteiger partial charge in [0.25, 0.3) is 0 Å². The zero-order valence-corrected chi connectivity index (χ0v) is 18.3. The summed E-state index contributed by atoms with van der Waals surface area (Å²) in [6.45, 7) is 7.13. The smallest absolute Gasteiger partial charge is 0.411 e. The van der Waals surface area contributed by atoms with Crippen molar-refractivity contribution < 1.29 is 9.53 Å². The van der Waals surface area contributed by atoms with Crippen LogP contribution in [0, 0.1) is 6.92 Å². The van der Waals surface area contributed by atoms with Gasteiger partial charge in [-0.05, 0) is 50.1 Å². The predicted octanol–water partition coefficient (Wildman–Crippen LogP) is 3.67. The van der Waals surface area contributed by atoms with E-state index in [1.807, 2.05) is 56.3 Å². The van der Waals surface area contributed by atoms with Gasteiger partial charge in [0, 0.05) is 25.3 Å². The van der Waals surface area contributed by atoms with Gasteiger partial charge in [-0.1, -0.05) is 24.3 Å². The fraction of sp³-hybridized carbons (Fsp3) is 0.348. The number of methoxy groups -OCH3 is 1. The minimum Gasteiger partial charge on any atom is -0.453 e. The molecule has 0 saturated heterocycles. The number of ether oxygens (including phenoxy) is 1. The fourth-order valence-electron chi connectivity index (χ4n) is 3.30. The van der Waals surface area contributed by atoms with Crippen molar-refractivity contribution in [2.45, 2.75) is 33.4 Å². The van der Waals surface area contributed by atoms with Crippen LogP contribution in [0.3, 0.4) is 0 Å². The molecule has 0 unspecified atom stereocenters. The van der Waals surface area contributed by atoms with Gasteiger partial charge in [0.1, 0.15) is 5.82 Å². The number of nitrogens with zero attached hydrogens (tertiary/aromatic N) is 3. The Morgan fingerprint density at radius 2 is 1.90 bits per heavy atom. The number of nitrogens with one attached hydrogen (secondary N) is 3. The van der Waals surface area contributed by atoms with Crippen molar-refractivity contribution in [1.82, 2.24) is 20.2 Å². The van der Waals surface area contributed by atoms with Crippen molar-refractivity contribution in [1.29, 1.82) is 0 Å². The molecule has 31 heavy (non-hydrogen) atoms. The van der Waals surface area contributed by atoms with Gasteiger partial charge < -0.3 is 19.9 Å². The summed E-state index contributed by atoms with van der Waals surface area (Å²) in [4.78, 5) is 20.5. The molecule has 164 valence electrons. The first-order valence-corrected chi connectivity index (χ1v) is 10.5. The van der Waals surface area contributed by atoms with E-state index in [1.54, 1.807) is 0 Å². The number of para-hydroxylation sites is 2. The van der Waals surface area contributed by atoms with Gasteiger partial charge in [-0.15, -0.1) is 0 Å². The fourth-order valence-corrected chi connectivity index (χ4v) is 3.30. The number of rotatable bonds is 8. The van der Waals surface area contributed by atoms with E-state index >= 15 is 0 Å². The second-order valence-corrected chi connectivity index (χ2v) is 7.09. The molecule has 0 atom stereocenters. The van der Waals surface area contributed by atoms with Crippen LogP contribution in [0.1, 0.15) is 24.7 Å². The van der Waals surface area contributed by atoms with Crippen molar-refractivity contribution >= 4 is 28.8 Å². The Balaban J connectivity index is 1.51. The number of carbonyl (C=O) groups excluding carboxylic acids is 1. The Morgan fingerprint density at radius 1 is 1.13 bits per heavy atom. The van der Waals surface area contributed by atoms with Crippen LogP contribution in [0.4, 0.5) is 10.5 Å². The lowest BCUT2D eigenvalue weighted by molar-refractivity contribution is 0.187. The maximum atomic E-state index is 11.3. The molecule has 0 bridgehead atoms. The standard InChI is InChI=1S/C23H30N6O2/c1-4-24-22(26-16-18-10-12-19(13-11-18)28-23(30)31-3)25-14-7-15-29-17(2)27-20-8-5-6-9-21(20)29/h5-6,8-13H,4,7,14-16H2,1-3H3,(H,28,30)(H2,24,25,26). The van der Waals surface area contributed by atoms with Crippen LogP contribution in [0.2, 0.25) is 0 Å². The first-order chi connectivity index (χ1) is 15.1. The summed E-state index contributed by atoms with van der Waals surface area (Å²) in [5.74, 6) is 1.82. The number of anilines is 1. The summed E-state index contributed by atoms with van der Waals surface area (Å²) in [5.41, 5.74) is 3.95. The Hall–Kier alpha value is -3.55. The third-order valence-corrected chi connectivity index (χ3v) is 4.85. The molecule has 0 spiro atoms. The summed E-state index contributed by atoms with van der Waals surface area (Å²) in [6, 6.07) is 15.8. The van der Waals surface area contributed by atoms with Gasteiger partial charge in [0.15, 0.2) is 5.96 Å². The van der Waals surface area contributed by atoms with E-state index in [2.05, 4.69) is 41.3 Å². The van der Waals surface area contributed by atoms with Gasteiger partial charge in [0.05, 0.1) is 24.7 Å². The monoisotopic (exact) mass is 422 g/mol. The molecule has 0 aliphatic carbocycles. The summed E-state index contributed by atoms with van der Waals surface area (Å²) in [6.07, 6.45) is 0.475. The molecule has 0 saturated carbocycles. The molecule has 1 heterocycles. The van der Waals surface area contributed by atoms with Crippen LogP contribution in [0.25, 0.3) is 11.0 Å². The zero-order valence-electron chi connectivity index (χ0n) is 18.3. The molecule has 3 aromatic rings. The number of aromatic nitrogens is 2. The second-order valence-electron chi connectivity index (χ2n) is 7.09. The molecule has 1 aromatic heterocycles. The summed E-state index contributed by atoms with van der Waals surface area (Å²) >= 11 is 0. The van der Waals surface area contributed by atoms with Crippen LogP contribution in [-0.2, 0) is 17.8 Å². The van der Waals surface area contributed by atoms with Gasteiger partial charge >= 0.3 is 6.09 Å². The van der Waals surface area contributed by atoms with Crippen LogP contribution < -0.4 is 16.0 Å². The van der Waals surface area contributed by atoms with E-state index in [9.17, 15) is 4.79 Å². The summed E-state index contributed by atoms with van der Waals surface area (Å²) in [5, 5.41) is 9.31. The van der Waals surface area contributed by atoms with Gasteiger partial charge in [-0.3, -0.25) is 5.32 Å². The number of aliphatic imine (C=N–C) groups is 1. The van der Waals surface area contributed by atoms with Crippen LogP contribution in [0.15, 0.2) is 53.5 Å². The highest BCUT2D eigenvalue weighted by atomic mass is 16.5. The van der Waals surface area contributed by atoms with E-state index in [1.165, 1.54) is 12.6 Å². The number of guanidine groups is 1. The van der Waals surface area contributed by atoms with Crippen molar-refractivity contribution in [2.75, 3.05) is 25.5 Å². The van der Waals surface area contributed by atoms with Crippen LogP contribution in [0.5, 0.6) is 0 Å². The maximum absolute atomic E-state index is 11.3. The lowest BCUT2D eigenvalue weighted by atomic mass is 10.2. The predicted molar refractivity (Wildman–Crippen MR) is 124 cm³/mol. The molecule has 0 fully saturated rings. The normalized spacial score (nSPS) is 11.4. The molecular weight excluding hydrogens is 392 g/mol. The van der Waals surface area contributed by atoms with E-state index in [0.29, 0.717) is 12.2 Å². The number of benzene rings is 2. The van der Waals surface area contributed by atoms with Crippen molar-refractivity contribution in [3.63, 3.8) is 0 Å². The largest absolute Gasteiger partial charge is 0.453 e. The first-order valence-electron chi connectivity index (χ1n) is 10.5. The van der Waals surface area contributed by atoms with Gasteiger partial charge in [-0.2, -0.15) is 0 Å². The number of aryl methyl sites for hydroxylation is 2. The highest BCUT2D eigenvalue weighted by Crippen LogP contribution is 2.15. The van der Waals surface area contributed by atoms with Crippen LogP contribution >= 0.6 is 0 Å². The maximum Gasteiger partial charge on any atom is 0.411 e. The van der Waals surface area contributed by atoms with Gasteiger partial charge in [-0.25, -0.2) is 14.8 Å². The lowest BCUT2D eigenvalue weighted by Crippen LogP contribution is -2.38. The summed E-state index contributed by atoms with van der Waals surface area (Å²) in [7, 11) is 1.34. The number of hydrogen-bond acceptors (Lipinski definition) is 4. The average Bonchev–Trinajstić information content (AvgIpc) is 3.10. The third-order valence-electron chi connectivity index (χ3n) is 4.85. The number of imidazole rings is 1. The van der Waals surface area contributed by atoms with Crippen molar-refractivity contribution in [3.05, 3.63) is 59.9 Å². The quantitative estimate of drug-likeness (QED) is 0.293. The van der Waals surface area contributed by atoms with E-state index in [4.69, 9.17) is 0 Å². The Bertz CT molecular complexity index is 1030. The minimum absolute atomic E-state index is 0.483. The average molecular weight is 423 g/mol. The Morgan fingerprint density at radius 3 is 2.65 bits per heavy atom. The Labute approximate surface area is 182 Å². The third kappa shape index (κ3) is 6.21. The SMILES string of the molecule is CCNC(=NCc1ccc(NC(=O)OC)cc1)NCCCn1c(C)nc2ccccc21. The Kier molecular flexibility index (Phi) is 7.86. The number of amides is 1. The van der Waals surface area contributed by atoms with Crippen molar-refractivity contribution in [3.8, 4) is 0 Å². The number of carbonyl (C=O) groups is 1. The second kappa shape index (κ2) is 11.0. The van der Waals surface area contributed by atoms with Crippen molar-refractivity contribution in [2.24, 2.45) is 4.99 Å². The lowest BCUT2D eigenvalue weighted by Gasteiger charge is -2.12. The topological polar surface area (TPSA) is 92.6 Å². The summed E-state index contributed by atoms with van der Waals surface area (Å²) < 4.78 is 6.85. The van der Waals surface area contributed by atoms with Gasteiger partial charge in [0.2, 0.25) is 0 Å². The molecule has 8 heteroatoms. The van der Waals surface area contributed by atoms with E-state index in [0.717, 1.165) is 48.9 Å². The highest BCUT2D eigenvalue weighted by Gasteiger charge is 2.06. The van der Waals surface area contributed by atoms with E-state index < -0.39 is 6.09 Å². The van der Waals surface area contributed by atoms with E-state index in [-0.39, 0.29) is 0 Å². The first kappa shape index (κ1) is 22.1. The molecule has 3 rings (SSSR count). The molecule has 8 nitrogen and oxygen atoms in total. The molecule has 2 aromatic carbocycles. The molecular formula is C23H30N6O2. The molecule has 0 aliphatic rings. The number of fused-ring (bicyclic) bond motifs is 1. The minimum atomic E-state index is -0.483.